The van der Waals surface area contributed by atoms with E-state index in [-0.39, 0.29) is 12.1 Å². The van der Waals surface area contributed by atoms with Crippen LogP contribution in [0.5, 0.6) is 0 Å². The molecule has 0 fully saturated rings. The summed E-state index contributed by atoms with van der Waals surface area (Å²) in [4.78, 5) is 0. The Hall–Kier alpha value is -0.430. The largest absolute Gasteiger partial charge is 0.380 e. The molecule has 0 bridgehead atoms. The highest BCUT2D eigenvalue weighted by Crippen LogP contribution is 2.23. The highest BCUT2D eigenvalue weighted by atomic mass is 79.9. The van der Waals surface area contributed by atoms with Crippen LogP contribution in [0.3, 0.4) is 0 Å². The van der Waals surface area contributed by atoms with Crippen molar-refractivity contribution >= 4 is 15.9 Å². The zero-order valence-corrected chi connectivity index (χ0v) is 12.4. The third-order valence-corrected chi connectivity index (χ3v) is 4.05. The summed E-state index contributed by atoms with van der Waals surface area (Å²) in [5.41, 5.74) is 4.95. The normalized spacial score (nSPS) is 14.9. The highest BCUT2D eigenvalue weighted by Gasteiger charge is 2.21. The van der Waals surface area contributed by atoms with Crippen molar-refractivity contribution in [3.8, 4) is 0 Å². The number of hydrazine groups is 1. The Morgan fingerprint density at radius 2 is 2.24 bits per heavy atom. The predicted octanol–water partition coefficient (Wildman–Crippen LogP) is 1.38. The Bertz CT molecular complexity index is 367. The molecule has 0 aliphatic heterocycles. The Morgan fingerprint density at radius 3 is 2.71 bits per heavy atom. The number of hydrogen-bond donors (Lipinski definition) is 2. The van der Waals surface area contributed by atoms with Crippen LogP contribution in [0.1, 0.15) is 25.2 Å². The summed E-state index contributed by atoms with van der Waals surface area (Å²) < 4.78 is 8.36. The number of halogens is 1. The first-order valence-electron chi connectivity index (χ1n) is 5.75. The zero-order chi connectivity index (χ0) is 13.0. The minimum absolute atomic E-state index is 0.0485. The molecule has 0 amide bonds. The molecule has 0 saturated carbocycles. The second kappa shape index (κ2) is 6.49. The summed E-state index contributed by atoms with van der Waals surface area (Å²) in [5, 5.41) is 4.46. The molecule has 98 valence electrons. The van der Waals surface area contributed by atoms with Crippen LogP contribution in [0.25, 0.3) is 0 Å². The van der Waals surface area contributed by atoms with Crippen molar-refractivity contribution in [3.05, 3.63) is 15.9 Å². The van der Waals surface area contributed by atoms with Gasteiger partial charge in [0.1, 0.15) is 0 Å². The molecule has 1 aromatic rings. The van der Waals surface area contributed by atoms with Gasteiger partial charge in [0.2, 0.25) is 0 Å². The number of ether oxygens (including phenoxy) is 1. The highest BCUT2D eigenvalue weighted by molar-refractivity contribution is 9.10. The Balaban J connectivity index is 2.92. The molecule has 0 saturated heterocycles. The van der Waals surface area contributed by atoms with Crippen LogP contribution in [0.15, 0.2) is 4.47 Å². The fourth-order valence-electron chi connectivity index (χ4n) is 1.80. The average Bonchev–Trinajstić information content (AvgIpc) is 2.61. The summed E-state index contributed by atoms with van der Waals surface area (Å²) >= 11 is 3.58. The SMILES string of the molecule is CCn1nc(C)c(Br)c1CC(NN)C(C)OC. The van der Waals surface area contributed by atoms with Gasteiger partial charge in [-0.05, 0) is 36.7 Å². The van der Waals surface area contributed by atoms with Gasteiger partial charge in [-0.2, -0.15) is 5.10 Å². The van der Waals surface area contributed by atoms with E-state index in [1.165, 1.54) is 0 Å². The minimum Gasteiger partial charge on any atom is -0.380 e. The fraction of sp³-hybridized carbons (Fsp3) is 0.727. The molecular formula is C11H21BrN4O. The number of nitrogens with zero attached hydrogens (tertiary/aromatic N) is 2. The molecule has 1 rings (SSSR count). The number of aromatic nitrogens is 2. The van der Waals surface area contributed by atoms with Crippen LogP contribution in [-0.2, 0) is 17.7 Å². The van der Waals surface area contributed by atoms with E-state index in [1.54, 1.807) is 7.11 Å². The van der Waals surface area contributed by atoms with Crippen molar-refractivity contribution in [3.63, 3.8) is 0 Å². The summed E-state index contributed by atoms with van der Waals surface area (Å²) in [6, 6.07) is 0.0673. The quantitative estimate of drug-likeness (QED) is 0.616. The maximum absolute atomic E-state index is 5.57. The van der Waals surface area contributed by atoms with E-state index in [1.807, 2.05) is 18.5 Å². The Kier molecular flexibility index (Phi) is 5.58. The number of nitrogens with two attached hydrogens (primary N) is 1. The van der Waals surface area contributed by atoms with E-state index in [4.69, 9.17) is 10.6 Å². The molecule has 2 unspecified atom stereocenters. The van der Waals surface area contributed by atoms with Gasteiger partial charge >= 0.3 is 0 Å². The lowest BCUT2D eigenvalue weighted by Crippen LogP contribution is -2.45. The number of rotatable bonds is 6. The van der Waals surface area contributed by atoms with Crippen LogP contribution in [0.4, 0.5) is 0 Å². The standard InChI is InChI=1S/C11H21BrN4O/c1-5-16-10(11(12)7(2)15-16)6-9(14-13)8(3)17-4/h8-9,14H,5-6,13H2,1-4H3. The topological polar surface area (TPSA) is 65.1 Å². The summed E-state index contributed by atoms with van der Waals surface area (Å²) in [6.45, 7) is 6.91. The number of hydrogen-bond acceptors (Lipinski definition) is 4. The van der Waals surface area contributed by atoms with Crippen molar-refractivity contribution in [1.29, 1.82) is 0 Å². The van der Waals surface area contributed by atoms with Crippen molar-refractivity contribution < 1.29 is 4.74 Å². The van der Waals surface area contributed by atoms with E-state index < -0.39 is 0 Å². The van der Waals surface area contributed by atoms with Gasteiger partial charge in [-0.25, -0.2) is 0 Å². The fourth-order valence-corrected chi connectivity index (χ4v) is 2.24. The van der Waals surface area contributed by atoms with Crippen LogP contribution in [-0.4, -0.2) is 29.0 Å². The van der Waals surface area contributed by atoms with E-state index >= 15 is 0 Å². The molecule has 0 aromatic carbocycles. The smallest absolute Gasteiger partial charge is 0.0738 e. The zero-order valence-electron chi connectivity index (χ0n) is 10.8. The molecule has 5 nitrogen and oxygen atoms in total. The lowest BCUT2D eigenvalue weighted by molar-refractivity contribution is 0.0824. The van der Waals surface area contributed by atoms with Gasteiger partial charge < -0.3 is 4.74 Å². The van der Waals surface area contributed by atoms with E-state index in [0.29, 0.717) is 0 Å². The molecule has 3 N–H and O–H groups in total. The maximum Gasteiger partial charge on any atom is 0.0738 e. The molecule has 1 aromatic heterocycles. The molecule has 0 aliphatic rings. The maximum atomic E-state index is 5.57. The van der Waals surface area contributed by atoms with Gasteiger partial charge in [-0.1, -0.05) is 0 Å². The number of methoxy groups -OCH3 is 1. The van der Waals surface area contributed by atoms with Gasteiger partial charge in [0, 0.05) is 20.1 Å². The third-order valence-electron chi connectivity index (χ3n) is 3.02. The van der Waals surface area contributed by atoms with Crippen LogP contribution < -0.4 is 11.3 Å². The van der Waals surface area contributed by atoms with Crippen molar-refractivity contribution in [1.82, 2.24) is 15.2 Å². The molecule has 6 heteroatoms. The molecule has 0 spiro atoms. The van der Waals surface area contributed by atoms with E-state index in [9.17, 15) is 0 Å². The third kappa shape index (κ3) is 3.28. The lowest BCUT2D eigenvalue weighted by Gasteiger charge is -2.22. The molecule has 2 atom stereocenters. The van der Waals surface area contributed by atoms with Gasteiger partial charge in [-0.15, -0.1) is 0 Å². The van der Waals surface area contributed by atoms with Gasteiger partial charge in [0.05, 0.1) is 28.0 Å². The second-order valence-corrected chi connectivity index (χ2v) is 4.87. The summed E-state index contributed by atoms with van der Waals surface area (Å²) in [7, 11) is 1.69. The number of aryl methyl sites for hydroxylation is 2. The molecule has 1 heterocycles. The van der Waals surface area contributed by atoms with Crippen molar-refractivity contribution in [2.75, 3.05) is 7.11 Å². The summed E-state index contributed by atoms with van der Waals surface area (Å²) in [6.07, 6.45) is 0.827. The van der Waals surface area contributed by atoms with E-state index in [0.717, 1.165) is 28.8 Å². The van der Waals surface area contributed by atoms with Crippen molar-refractivity contribution in [2.24, 2.45) is 5.84 Å². The number of nitrogens with one attached hydrogen (secondary N) is 1. The first kappa shape index (κ1) is 14.6. The summed E-state index contributed by atoms with van der Waals surface area (Å²) in [5.74, 6) is 5.57. The Morgan fingerprint density at radius 1 is 1.59 bits per heavy atom. The van der Waals surface area contributed by atoms with Crippen LogP contribution in [0, 0.1) is 6.92 Å². The first-order valence-corrected chi connectivity index (χ1v) is 6.55. The van der Waals surface area contributed by atoms with Gasteiger partial charge in [0.25, 0.3) is 0 Å². The first-order chi connectivity index (χ1) is 8.04. The molecule has 17 heavy (non-hydrogen) atoms. The minimum atomic E-state index is 0.0485. The molecular weight excluding hydrogens is 284 g/mol. The van der Waals surface area contributed by atoms with Crippen molar-refractivity contribution in [2.45, 2.75) is 45.9 Å². The van der Waals surface area contributed by atoms with E-state index in [2.05, 4.69) is 33.4 Å². The predicted molar refractivity (Wildman–Crippen MR) is 71.6 cm³/mol. The van der Waals surface area contributed by atoms with Gasteiger partial charge in [-0.3, -0.25) is 16.0 Å². The lowest BCUT2D eigenvalue weighted by atomic mass is 10.1. The van der Waals surface area contributed by atoms with Crippen LogP contribution in [0.2, 0.25) is 0 Å². The Labute approximate surface area is 111 Å². The molecule has 0 aliphatic carbocycles. The van der Waals surface area contributed by atoms with Crippen LogP contribution >= 0.6 is 15.9 Å². The molecule has 0 radical (unpaired) electrons. The van der Waals surface area contributed by atoms with Gasteiger partial charge in [0.15, 0.2) is 0 Å². The average molecular weight is 305 g/mol. The monoisotopic (exact) mass is 304 g/mol. The second-order valence-electron chi connectivity index (χ2n) is 4.08.